The van der Waals surface area contributed by atoms with Gasteiger partial charge in [0.2, 0.25) is 0 Å². The molecule has 0 aliphatic carbocycles. The van der Waals surface area contributed by atoms with E-state index in [0.29, 0.717) is 29.8 Å². The van der Waals surface area contributed by atoms with E-state index in [-0.39, 0.29) is 11.7 Å². The van der Waals surface area contributed by atoms with E-state index in [9.17, 15) is 14.0 Å². The van der Waals surface area contributed by atoms with Gasteiger partial charge in [-0.3, -0.25) is 9.59 Å². The molecule has 1 fully saturated rings. The maximum atomic E-state index is 14.1. The van der Waals surface area contributed by atoms with Crippen molar-refractivity contribution >= 4 is 23.5 Å². The van der Waals surface area contributed by atoms with Crippen molar-refractivity contribution in [2.45, 2.75) is 52.7 Å². The quantitative estimate of drug-likeness (QED) is 0.418. The van der Waals surface area contributed by atoms with Crippen LogP contribution in [0.3, 0.4) is 0 Å². The van der Waals surface area contributed by atoms with Crippen molar-refractivity contribution < 1.29 is 23.5 Å². The first-order valence-electron chi connectivity index (χ1n) is 10.1. The third-order valence-corrected chi connectivity index (χ3v) is 5.77. The maximum Gasteiger partial charge on any atom is 0.326 e. The van der Waals surface area contributed by atoms with Crippen LogP contribution in [-0.2, 0) is 25.5 Å². The Balaban J connectivity index is 1.73. The summed E-state index contributed by atoms with van der Waals surface area (Å²) in [4.78, 5) is 25.3. The van der Waals surface area contributed by atoms with Gasteiger partial charge in [-0.1, -0.05) is 49.7 Å². The number of carbonyl (C=O) groups is 2. The van der Waals surface area contributed by atoms with Crippen LogP contribution >= 0.6 is 11.6 Å². The number of rotatable bonds is 6. The molecule has 0 aromatic heterocycles. The molecule has 2 aromatic carbocycles. The molecule has 1 aliphatic heterocycles. The third kappa shape index (κ3) is 4.51. The SMILES string of the molecule is CCC1(C[C@@H](C)Cc2ccc(-c3cc(Cl)ccc3F)cc2)C(=O)OC(C)(C)OC1=O. The summed E-state index contributed by atoms with van der Waals surface area (Å²) < 4.78 is 24.8. The molecule has 0 unspecified atom stereocenters. The Morgan fingerprint density at radius 3 is 2.20 bits per heavy atom. The van der Waals surface area contributed by atoms with Gasteiger partial charge in [0.25, 0.3) is 5.79 Å². The van der Waals surface area contributed by atoms with Crippen molar-refractivity contribution in [3.05, 3.63) is 58.9 Å². The number of cyclic esters (lactones) is 2. The van der Waals surface area contributed by atoms with Gasteiger partial charge in [-0.05, 0) is 54.5 Å². The Hall–Kier alpha value is -2.40. The van der Waals surface area contributed by atoms with E-state index in [2.05, 4.69) is 0 Å². The molecule has 6 heteroatoms. The largest absolute Gasteiger partial charge is 0.422 e. The van der Waals surface area contributed by atoms with Gasteiger partial charge in [0, 0.05) is 24.4 Å². The highest BCUT2D eigenvalue weighted by Crippen LogP contribution is 2.40. The number of carbonyl (C=O) groups excluding carboxylic acids is 2. The zero-order chi connectivity index (χ0) is 22.1. The highest BCUT2D eigenvalue weighted by Gasteiger charge is 2.55. The van der Waals surface area contributed by atoms with Gasteiger partial charge in [-0.15, -0.1) is 0 Å². The van der Waals surface area contributed by atoms with Gasteiger partial charge in [-0.2, -0.15) is 0 Å². The lowest BCUT2D eigenvalue weighted by Gasteiger charge is -2.40. The summed E-state index contributed by atoms with van der Waals surface area (Å²) in [5.41, 5.74) is 0.928. The summed E-state index contributed by atoms with van der Waals surface area (Å²) >= 11 is 5.99. The summed E-state index contributed by atoms with van der Waals surface area (Å²) in [5, 5.41) is 0.475. The highest BCUT2D eigenvalue weighted by atomic mass is 35.5. The van der Waals surface area contributed by atoms with Crippen molar-refractivity contribution in [2.75, 3.05) is 0 Å². The lowest BCUT2D eigenvalue weighted by atomic mass is 9.75. The van der Waals surface area contributed by atoms with Crippen molar-refractivity contribution in [2.24, 2.45) is 11.3 Å². The number of hydrogen-bond donors (Lipinski definition) is 0. The molecule has 1 atom stereocenters. The Morgan fingerprint density at radius 2 is 1.63 bits per heavy atom. The predicted molar refractivity (Wildman–Crippen MR) is 113 cm³/mol. The summed E-state index contributed by atoms with van der Waals surface area (Å²) in [6.07, 6.45) is 1.31. The molecular weight excluding hydrogens is 407 g/mol. The lowest BCUT2D eigenvalue weighted by Crippen LogP contribution is -2.54. The van der Waals surface area contributed by atoms with Crippen LogP contribution in [0, 0.1) is 17.2 Å². The highest BCUT2D eigenvalue weighted by molar-refractivity contribution is 6.30. The smallest absolute Gasteiger partial charge is 0.326 e. The van der Waals surface area contributed by atoms with Crippen molar-refractivity contribution in [1.29, 1.82) is 0 Å². The van der Waals surface area contributed by atoms with Gasteiger partial charge >= 0.3 is 11.9 Å². The van der Waals surface area contributed by atoms with E-state index in [1.54, 1.807) is 26.8 Å². The van der Waals surface area contributed by atoms with Crippen LogP contribution in [0.2, 0.25) is 5.02 Å². The molecule has 0 radical (unpaired) electrons. The van der Waals surface area contributed by atoms with E-state index in [0.717, 1.165) is 11.1 Å². The first-order valence-corrected chi connectivity index (χ1v) is 10.5. The monoisotopic (exact) mass is 432 g/mol. The molecule has 1 aliphatic rings. The van der Waals surface area contributed by atoms with Crippen LogP contribution in [0.15, 0.2) is 42.5 Å². The van der Waals surface area contributed by atoms with Crippen molar-refractivity contribution in [3.63, 3.8) is 0 Å². The lowest BCUT2D eigenvalue weighted by molar-refractivity contribution is -0.252. The fourth-order valence-electron chi connectivity index (χ4n) is 3.95. The molecule has 2 aromatic rings. The third-order valence-electron chi connectivity index (χ3n) is 5.54. The predicted octanol–water partition coefficient (Wildman–Crippen LogP) is 5.95. The second kappa shape index (κ2) is 8.38. The maximum absolute atomic E-state index is 14.1. The second-order valence-corrected chi connectivity index (χ2v) is 8.89. The standard InChI is InChI=1S/C24H26ClFO4/c1-5-24(21(27)29-23(3,4)30-22(24)28)14-15(2)12-16-6-8-17(9-7-16)19-13-18(25)10-11-20(19)26/h6-11,13,15H,5,12,14H2,1-4H3/t15-/m0/s1. The number of ether oxygens (including phenoxy) is 2. The van der Waals surface area contributed by atoms with Gasteiger partial charge in [0.1, 0.15) is 5.82 Å². The van der Waals surface area contributed by atoms with E-state index in [4.69, 9.17) is 21.1 Å². The molecule has 4 nitrogen and oxygen atoms in total. The van der Waals surface area contributed by atoms with E-state index >= 15 is 0 Å². The fourth-order valence-corrected chi connectivity index (χ4v) is 4.13. The molecular formula is C24H26ClFO4. The Kier molecular flexibility index (Phi) is 6.23. The average Bonchev–Trinajstić information content (AvgIpc) is 2.67. The Labute approximate surface area is 181 Å². The molecule has 3 rings (SSSR count). The minimum absolute atomic E-state index is 0.0278. The molecule has 0 bridgehead atoms. The Bertz CT molecular complexity index is 932. The minimum atomic E-state index is -1.28. The van der Waals surface area contributed by atoms with Gasteiger partial charge in [0.15, 0.2) is 5.41 Å². The van der Waals surface area contributed by atoms with Crippen LogP contribution in [0.5, 0.6) is 0 Å². The molecule has 1 heterocycles. The molecule has 30 heavy (non-hydrogen) atoms. The summed E-state index contributed by atoms with van der Waals surface area (Å²) in [5.74, 6) is -2.58. The van der Waals surface area contributed by atoms with Crippen molar-refractivity contribution in [1.82, 2.24) is 0 Å². The molecule has 0 amide bonds. The number of hydrogen-bond acceptors (Lipinski definition) is 4. The first kappa shape index (κ1) is 22.3. The zero-order valence-corrected chi connectivity index (χ0v) is 18.4. The van der Waals surface area contributed by atoms with Crippen LogP contribution < -0.4 is 0 Å². The summed E-state index contributed by atoms with van der Waals surface area (Å²) in [6.45, 7) is 6.89. The Morgan fingerprint density at radius 1 is 1.03 bits per heavy atom. The fraction of sp³-hybridized carbons (Fsp3) is 0.417. The number of esters is 2. The van der Waals surface area contributed by atoms with E-state index < -0.39 is 23.1 Å². The first-order chi connectivity index (χ1) is 14.1. The zero-order valence-electron chi connectivity index (χ0n) is 17.6. The second-order valence-electron chi connectivity index (χ2n) is 8.45. The number of halogens is 2. The normalized spacial score (nSPS) is 18.5. The summed E-state index contributed by atoms with van der Waals surface area (Å²) in [6, 6.07) is 12.0. The van der Waals surface area contributed by atoms with Crippen LogP contribution in [-0.4, -0.2) is 17.7 Å². The topological polar surface area (TPSA) is 52.6 Å². The van der Waals surface area contributed by atoms with E-state index in [1.165, 1.54) is 12.1 Å². The van der Waals surface area contributed by atoms with Gasteiger partial charge < -0.3 is 9.47 Å². The van der Waals surface area contributed by atoms with Crippen molar-refractivity contribution in [3.8, 4) is 11.1 Å². The van der Waals surface area contributed by atoms with Gasteiger partial charge in [0.05, 0.1) is 0 Å². The minimum Gasteiger partial charge on any atom is -0.422 e. The van der Waals surface area contributed by atoms with Crippen LogP contribution in [0.4, 0.5) is 4.39 Å². The molecule has 0 N–H and O–H groups in total. The molecule has 160 valence electrons. The summed E-state index contributed by atoms with van der Waals surface area (Å²) in [7, 11) is 0. The van der Waals surface area contributed by atoms with Crippen LogP contribution in [0.25, 0.3) is 11.1 Å². The average molecular weight is 433 g/mol. The van der Waals surface area contributed by atoms with E-state index in [1.807, 2.05) is 31.2 Å². The van der Waals surface area contributed by atoms with Gasteiger partial charge in [-0.25, -0.2) is 4.39 Å². The van der Waals surface area contributed by atoms with Crippen LogP contribution in [0.1, 0.15) is 46.1 Å². The molecule has 1 saturated heterocycles. The molecule has 0 spiro atoms. The molecule has 0 saturated carbocycles. The number of benzene rings is 2.